The molecular weight excluding hydrogens is 1080 g/mol. The van der Waals surface area contributed by atoms with Gasteiger partial charge in [-0.3, -0.25) is 19.3 Å². The molecule has 5 aromatic rings. The summed E-state index contributed by atoms with van der Waals surface area (Å²) in [7, 11) is -10.5. The Balaban J connectivity index is 0.00000494. The monoisotopic (exact) mass is 1120 g/mol. The smallest absolute Gasteiger partial charge is 0.548 e. The molecule has 0 atom stereocenters. The van der Waals surface area contributed by atoms with E-state index in [1.165, 1.54) is 84.9 Å². The van der Waals surface area contributed by atoms with Crippen molar-refractivity contribution < 1.29 is 189 Å². The van der Waals surface area contributed by atoms with Crippen LogP contribution in [0.2, 0.25) is 0 Å². The molecular formula is C42H33N13Na4O15S2. The molecule has 0 saturated heterocycles. The van der Waals surface area contributed by atoms with Crippen molar-refractivity contribution in [3.63, 3.8) is 0 Å². The summed E-state index contributed by atoms with van der Waals surface area (Å²) in [6.07, 6.45) is 0.697. The fourth-order valence-corrected chi connectivity index (χ4v) is 7.83. The fourth-order valence-electron chi connectivity index (χ4n) is 6.50. The van der Waals surface area contributed by atoms with Gasteiger partial charge in [-0.05, 0) is 103 Å². The topological polar surface area (TPSA) is 469 Å². The maximum atomic E-state index is 14.0. The molecule has 76 heavy (non-hydrogen) atoms. The second-order valence-electron chi connectivity index (χ2n) is 14.8. The Morgan fingerprint density at radius 3 is 1.32 bits per heavy atom. The molecule has 0 unspecified atom stereocenters. The number of ketones is 1. The third-order valence-electron chi connectivity index (χ3n) is 9.71. The fraction of sp³-hybridized carbons (Fsp3) is 0.0952. The van der Waals surface area contributed by atoms with E-state index in [0.717, 1.165) is 9.80 Å². The number of nitrogen functional groups attached to an aromatic ring is 3. The summed E-state index contributed by atoms with van der Waals surface area (Å²) in [4.78, 5) is 58.2. The predicted molar refractivity (Wildman–Crippen MR) is 247 cm³/mol. The first-order valence-electron chi connectivity index (χ1n) is 19.9. The van der Waals surface area contributed by atoms with E-state index in [0.29, 0.717) is 12.1 Å². The summed E-state index contributed by atoms with van der Waals surface area (Å²) in [6, 6.07) is 19.7. The molecule has 372 valence electrons. The number of rotatable bonds is 20. The van der Waals surface area contributed by atoms with E-state index in [-0.39, 0.29) is 175 Å². The van der Waals surface area contributed by atoms with Crippen LogP contribution in [0.25, 0.3) is 6.08 Å². The number of hydrogen-bond acceptors (Lipinski definition) is 26. The number of aliphatic carboxylic acids is 4. The molecule has 0 fully saturated rings. The van der Waals surface area contributed by atoms with Crippen molar-refractivity contribution in [1.29, 1.82) is 0 Å². The number of Topliss-reactive ketones (excluding diaryl/α,β-unsaturated/α-hetero) is 1. The van der Waals surface area contributed by atoms with Gasteiger partial charge in [-0.25, -0.2) is 0 Å². The largest absolute Gasteiger partial charge is 1.00 e. The Labute approximate surface area is 519 Å². The molecule has 0 aromatic heterocycles. The predicted octanol–water partition coefficient (Wildman–Crippen LogP) is -11.6. The van der Waals surface area contributed by atoms with Gasteiger partial charge in [0.15, 0.2) is 5.71 Å². The van der Waals surface area contributed by atoms with Gasteiger partial charge in [0.1, 0.15) is 26.9 Å². The summed E-state index contributed by atoms with van der Waals surface area (Å²) in [5.74, 6) is -7.41. The number of anilines is 6. The minimum atomic E-state index is -5.26. The summed E-state index contributed by atoms with van der Waals surface area (Å²) in [6.45, 7) is -3.04. The van der Waals surface area contributed by atoms with Crippen LogP contribution in [-0.4, -0.2) is 87.5 Å². The standard InChI is InChI=1S/C42H37N13O15S2.4Na/c43-28-15-26(54(17-34(56)57)18-35(58)59)9-11-30(28)50-46-22-1-5-24(6-2-22)48-52-40-32(71(65,66)67)13-21-14-33(72(68,69)70)41(42(64)38(21)39(40)45)53-49-25-7-3-23(4-8-25)47-51-31-12-10-27(16-29(31)44)55(19-36(60)61)20-37(62)63;;;;/h1-16,49H,17-20,43-45H2,(H,56,57)(H,58,59)(H,60,61)(H,62,63)(H,65,66,67)(H,68,69,70);;;;/q;4*+1/p-4/b50-46?,51-47?,52-48?,53-41-;;;;. The van der Waals surface area contributed by atoms with Crippen LogP contribution in [0.1, 0.15) is 15.9 Å². The minimum Gasteiger partial charge on any atom is -0.548 e. The first-order valence-corrected chi connectivity index (χ1v) is 22.8. The molecule has 0 spiro atoms. The summed E-state index contributed by atoms with van der Waals surface area (Å²) in [5, 5.41) is 72.3. The maximum Gasteiger partial charge on any atom is 1.00 e. The zero-order valence-corrected chi connectivity index (χ0v) is 50.0. The Bertz CT molecular complexity index is 3410. The number of nitrogens with one attached hydrogen (secondary N) is 1. The molecule has 5 aromatic carbocycles. The molecule has 1 aliphatic rings. The SMILES string of the molecule is Nc1cc(N(CC(=O)[O-])CC(=O)[O-])ccc1N=Nc1ccc(N=Nc2c(S(=O)(=O)O)cc3c(c2N)C(=O)/C(=N\Nc2ccc(N=Nc4ccc(N(CC(=O)[O-])CC(=O)[O-])cc4N)cc2)C(S(=O)(=O)O)=C3)cc1.[Na+].[Na+].[Na+].[Na+]. The number of carbonyl (C=O) groups excluding carboxylic acids is 5. The summed E-state index contributed by atoms with van der Waals surface area (Å²) in [5.41, 5.74) is 18.6. The van der Waals surface area contributed by atoms with Crippen molar-refractivity contribution in [3.8, 4) is 0 Å². The van der Waals surface area contributed by atoms with Crippen molar-refractivity contribution in [2.24, 2.45) is 35.8 Å². The van der Waals surface area contributed by atoms with E-state index in [2.05, 4.69) is 41.2 Å². The molecule has 1 aliphatic carbocycles. The van der Waals surface area contributed by atoms with Crippen LogP contribution < -0.4 is 171 Å². The van der Waals surface area contributed by atoms with Gasteiger partial charge in [-0.1, -0.05) is 0 Å². The van der Waals surface area contributed by atoms with Gasteiger partial charge < -0.3 is 66.6 Å². The minimum absolute atomic E-state index is 0. The Morgan fingerprint density at radius 1 is 0.553 bits per heavy atom. The van der Waals surface area contributed by atoms with Gasteiger partial charge >= 0.3 is 118 Å². The van der Waals surface area contributed by atoms with E-state index in [1.54, 1.807) is 0 Å². The number of carboxylic acid groups (broad SMARTS) is 4. The molecule has 0 aliphatic heterocycles. The first kappa shape index (κ1) is 66.6. The summed E-state index contributed by atoms with van der Waals surface area (Å²) < 4.78 is 70.5. The van der Waals surface area contributed by atoms with Crippen LogP contribution in [0.5, 0.6) is 0 Å². The number of carbonyl (C=O) groups is 5. The quantitative estimate of drug-likeness (QED) is 0.0139. The first-order chi connectivity index (χ1) is 33.9. The molecule has 0 heterocycles. The molecule has 0 amide bonds. The molecule has 0 bridgehead atoms. The number of benzene rings is 5. The molecule has 9 N–H and O–H groups in total. The number of nitrogens with two attached hydrogens (primary N) is 3. The number of carboxylic acids is 4. The third-order valence-corrected chi connectivity index (χ3v) is 11.4. The number of hydrazone groups is 1. The third kappa shape index (κ3) is 17.8. The number of nitrogens with zero attached hydrogens (tertiary/aromatic N) is 9. The van der Waals surface area contributed by atoms with Crippen molar-refractivity contribution in [3.05, 3.63) is 107 Å². The Kier molecular flexibility index (Phi) is 25.2. The van der Waals surface area contributed by atoms with Crippen molar-refractivity contribution in [2.45, 2.75) is 4.90 Å². The van der Waals surface area contributed by atoms with Gasteiger partial charge in [-0.2, -0.15) is 37.3 Å². The Hall–Kier alpha value is -5.52. The van der Waals surface area contributed by atoms with Crippen LogP contribution in [-0.2, 0) is 39.4 Å². The van der Waals surface area contributed by atoms with Crippen molar-refractivity contribution in [1.82, 2.24) is 0 Å². The average molecular weight is 1120 g/mol. The zero-order valence-electron chi connectivity index (χ0n) is 40.3. The van der Waals surface area contributed by atoms with E-state index in [1.807, 2.05) is 0 Å². The zero-order chi connectivity index (χ0) is 52.7. The average Bonchev–Trinajstić information content (AvgIpc) is 3.29. The summed E-state index contributed by atoms with van der Waals surface area (Å²) >= 11 is 0. The van der Waals surface area contributed by atoms with Gasteiger partial charge in [0.2, 0.25) is 5.78 Å². The molecule has 34 heteroatoms. The number of azo groups is 3. The van der Waals surface area contributed by atoms with Gasteiger partial charge in [-0.15, -0.1) is 15.3 Å². The molecule has 6 rings (SSSR count). The van der Waals surface area contributed by atoms with Crippen molar-refractivity contribution in [2.75, 3.05) is 58.6 Å². The number of allylic oxidation sites excluding steroid dienone is 1. The van der Waals surface area contributed by atoms with Crippen molar-refractivity contribution >= 4 is 130 Å². The van der Waals surface area contributed by atoms with Crippen LogP contribution in [0.4, 0.5) is 68.2 Å². The van der Waals surface area contributed by atoms with Gasteiger partial charge in [0, 0.05) is 11.4 Å². The Morgan fingerprint density at radius 2 is 0.947 bits per heavy atom. The van der Waals surface area contributed by atoms with Crippen LogP contribution >= 0.6 is 0 Å². The normalized spacial score (nSPS) is 12.6. The van der Waals surface area contributed by atoms with E-state index in [4.69, 9.17) is 17.2 Å². The second kappa shape index (κ2) is 28.7. The molecule has 28 nitrogen and oxygen atoms in total. The van der Waals surface area contributed by atoms with Crippen LogP contribution in [0.15, 0.2) is 137 Å². The van der Waals surface area contributed by atoms with E-state index >= 15 is 0 Å². The molecule has 0 radical (unpaired) electrons. The van der Waals surface area contributed by atoms with Crippen LogP contribution in [0.3, 0.4) is 0 Å². The number of hydrogen-bond donors (Lipinski definition) is 6. The van der Waals surface area contributed by atoms with Crippen LogP contribution in [0, 0.1) is 0 Å². The van der Waals surface area contributed by atoms with E-state index in [9.17, 15) is 70.3 Å². The number of fused-ring (bicyclic) bond motifs is 1. The second-order valence-corrected chi connectivity index (χ2v) is 17.6. The van der Waals surface area contributed by atoms with Gasteiger partial charge in [0.05, 0.1) is 95.4 Å². The maximum absolute atomic E-state index is 14.0. The van der Waals surface area contributed by atoms with E-state index < -0.39 is 114 Å². The van der Waals surface area contributed by atoms with Gasteiger partial charge in [0.25, 0.3) is 20.2 Å². The molecule has 0 saturated carbocycles.